The summed E-state index contributed by atoms with van der Waals surface area (Å²) in [4.78, 5) is 11.7. The molecular weight excluding hydrogens is 252 g/mol. The predicted molar refractivity (Wildman–Crippen MR) is 71.5 cm³/mol. The molecule has 1 aliphatic rings. The lowest BCUT2D eigenvalue weighted by Gasteiger charge is -2.14. The molecule has 1 aliphatic heterocycles. The van der Waals surface area contributed by atoms with E-state index in [1.807, 2.05) is 0 Å². The summed E-state index contributed by atoms with van der Waals surface area (Å²) < 4.78 is 22.3. The molecule has 0 aromatic rings. The molecule has 0 radical (unpaired) electrons. The number of rotatable bonds is 7. The number of carbonyl (C=O) groups excluding carboxylic acids is 1. The van der Waals surface area contributed by atoms with Crippen molar-refractivity contribution >= 4 is 15.7 Å². The van der Waals surface area contributed by atoms with Crippen molar-refractivity contribution < 1.29 is 13.2 Å². The van der Waals surface area contributed by atoms with E-state index in [2.05, 4.69) is 12.2 Å². The number of carbonyl (C=O) groups is 1. The molecule has 0 aromatic carbocycles. The van der Waals surface area contributed by atoms with Gasteiger partial charge in [-0.15, -0.1) is 0 Å². The van der Waals surface area contributed by atoms with Gasteiger partial charge in [0, 0.05) is 11.8 Å². The summed E-state index contributed by atoms with van der Waals surface area (Å²) in [6.07, 6.45) is 4.72. The van der Waals surface area contributed by atoms with Crippen LogP contribution in [0, 0.1) is 5.92 Å². The minimum atomic E-state index is -3.10. The molecule has 2 unspecified atom stereocenters. The van der Waals surface area contributed by atoms with E-state index in [4.69, 9.17) is 5.73 Å². The van der Waals surface area contributed by atoms with Gasteiger partial charge in [-0.1, -0.05) is 13.3 Å². The molecule has 5 nitrogen and oxygen atoms in total. The third kappa shape index (κ3) is 5.18. The molecule has 0 saturated heterocycles. The Labute approximate surface area is 109 Å². The van der Waals surface area contributed by atoms with E-state index in [1.165, 1.54) is 11.5 Å². The lowest BCUT2D eigenvalue weighted by Crippen LogP contribution is -2.35. The van der Waals surface area contributed by atoms with E-state index >= 15 is 0 Å². The van der Waals surface area contributed by atoms with E-state index < -0.39 is 9.84 Å². The van der Waals surface area contributed by atoms with Crippen LogP contribution < -0.4 is 11.1 Å². The summed E-state index contributed by atoms with van der Waals surface area (Å²) in [6, 6.07) is -0.364. The Kier molecular flexibility index (Phi) is 5.81. The van der Waals surface area contributed by atoms with Crippen molar-refractivity contribution in [3.05, 3.63) is 11.5 Å². The number of amides is 1. The molecule has 3 N–H and O–H groups in total. The van der Waals surface area contributed by atoms with Crippen molar-refractivity contribution in [2.75, 3.05) is 12.3 Å². The molecule has 1 rings (SSSR count). The largest absolute Gasteiger partial charge is 0.349 e. The summed E-state index contributed by atoms with van der Waals surface area (Å²) in [6.45, 7) is 2.73. The molecule has 0 aliphatic carbocycles. The van der Waals surface area contributed by atoms with Crippen LogP contribution in [0.5, 0.6) is 0 Å². The fourth-order valence-electron chi connectivity index (χ4n) is 2.07. The van der Waals surface area contributed by atoms with Gasteiger partial charge in [0.2, 0.25) is 5.91 Å². The number of hydrogen-bond donors (Lipinski definition) is 2. The Hall–Kier alpha value is -0.880. The van der Waals surface area contributed by atoms with E-state index in [0.29, 0.717) is 18.9 Å². The lowest BCUT2D eigenvalue weighted by atomic mass is 9.96. The van der Waals surface area contributed by atoms with E-state index in [0.717, 1.165) is 19.3 Å². The van der Waals surface area contributed by atoms with E-state index in [-0.39, 0.29) is 17.7 Å². The van der Waals surface area contributed by atoms with Crippen LogP contribution in [0.15, 0.2) is 11.5 Å². The van der Waals surface area contributed by atoms with Crippen LogP contribution >= 0.6 is 0 Å². The molecule has 2 atom stereocenters. The second-order valence-corrected chi connectivity index (χ2v) is 6.65. The van der Waals surface area contributed by atoms with Crippen LogP contribution in [0.2, 0.25) is 0 Å². The van der Waals surface area contributed by atoms with Gasteiger partial charge < -0.3 is 11.1 Å². The molecule has 1 heterocycles. The highest BCUT2D eigenvalue weighted by atomic mass is 32.2. The highest BCUT2D eigenvalue weighted by Gasteiger charge is 2.23. The van der Waals surface area contributed by atoms with E-state index in [9.17, 15) is 13.2 Å². The highest BCUT2D eigenvalue weighted by molar-refractivity contribution is 7.94. The van der Waals surface area contributed by atoms with Crippen molar-refractivity contribution in [3.63, 3.8) is 0 Å². The van der Waals surface area contributed by atoms with Crippen LogP contribution in [0.3, 0.4) is 0 Å². The Bertz CT molecular complexity index is 404. The Morgan fingerprint density at radius 3 is 2.72 bits per heavy atom. The SMILES string of the molecule is CCC(CCN)CCC(=O)NC1C=CS(=O)(=O)C1. The lowest BCUT2D eigenvalue weighted by molar-refractivity contribution is -0.121. The molecule has 0 saturated carbocycles. The normalized spacial score (nSPS) is 22.9. The van der Waals surface area contributed by atoms with Crippen molar-refractivity contribution in [1.82, 2.24) is 5.32 Å². The number of hydrogen-bond acceptors (Lipinski definition) is 4. The van der Waals surface area contributed by atoms with Crippen LogP contribution in [-0.4, -0.2) is 32.7 Å². The first-order valence-electron chi connectivity index (χ1n) is 6.37. The molecule has 18 heavy (non-hydrogen) atoms. The summed E-state index contributed by atoms with van der Waals surface area (Å²) >= 11 is 0. The highest BCUT2D eigenvalue weighted by Crippen LogP contribution is 2.15. The van der Waals surface area contributed by atoms with Gasteiger partial charge in [-0.2, -0.15) is 0 Å². The molecule has 0 aromatic heterocycles. The topological polar surface area (TPSA) is 89.3 Å². The molecule has 104 valence electrons. The van der Waals surface area contributed by atoms with E-state index in [1.54, 1.807) is 0 Å². The fraction of sp³-hybridized carbons (Fsp3) is 0.750. The minimum Gasteiger partial charge on any atom is -0.349 e. The van der Waals surface area contributed by atoms with Gasteiger partial charge in [0.25, 0.3) is 0 Å². The first-order chi connectivity index (χ1) is 8.46. The van der Waals surface area contributed by atoms with Crippen LogP contribution in [0.4, 0.5) is 0 Å². The monoisotopic (exact) mass is 274 g/mol. The summed E-state index contributed by atoms with van der Waals surface area (Å²) in [7, 11) is -3.10. The Morgan fingerprint density at radius 1 is 1.50 bits per heavy atom. The molecule has 6 heteroatoms. The first kappa shape index (κ1) is 15.2. The molecular formula is C12H22N2O3S. The van der Waals surface area contributed by atoms with Gasteiger partial charge in [-0.05, 0) is 31.4 Å². The second kappa shape index (κ2) is 6.89. The van der Waals surface area contributed by atoms with Gasteiger partial charge in [-0.3, -0.25) is 4.79 Å². The van der Waals surface area contributed by atoms with Crippen molar-refractivity contribution in [2.24, 2.45) is 11.7 Å². The zero-order valence-corrected chi connectivity index (χ0v) is 11.6. The number of nitrogens with two attached hydrogens (primary N) is 1. The first-order valence-corrected chi connectivity index (χ1v) is 8.08. The summed E-state index contributed by atoms with van der Waals surface area (Å²) in [5.74, 6) is 0.375. The maximum Gasteiger partial charge on any atom is 0.220 e. The molecule has 0 fully saturated rings. The predicted octanol–water partition coefficient (Wildman–Crippen LogP) is 0.569. The van der Waals surface area contributed by atoms with Crippen molar-refractivity contribution in [3.8, 4) is 0 Å². The third-order valence-electron chi connectivity index (χ3n) is 3.21. The fourth-order valence-corrected chi connectivity index (χ4v) is 3.30. The van der Waals surface area contributed by atoms with Gasteiger partial charge in [0.1, 0.15) is 0 Å². The minimum absolute atomic E-state index is 0.0151. The van der Waals surface area contributed by atoms with Gasteiger partial charge >= 0.3 is 0 Å². The van der Waals surface area contributed by atoms with Crippen LogP contribution in [0.25, 0.3) is 0 Å². The third-order valence-corrected chi connectivity index (χ3v) is 4.60. The quantitative estimate of drug-likeness (QED) is 0.710. The molecule has 1 amide bonds. The Balaban J connectivity index is 2.28. The van der Waals surface area contributed by atoms with Gasteiger partial charge in [0.15, 0.2) is 9.84 Å². The maximum absolute atomic E-state index is 11.7. The zero-order valence-electron chi connectivity index (χ0n) is 10.8. The second-order valence-electron chi connectivity index (χ2n) is 4.72. The van der Waals surface area contributed by atoms with Crippen LogP contribution in [-0.2, 0) is 14.6 Å². The maximum atomic E-state index is 11.7. The Morgan fingerprint density at radius 2 is 2.22 bits per heavy atom. The van der Waals surface area contributed by atoms with Gasteiger partial charge in [0.05, 0.1) is 11.8 Å². The standard InChI is InChI=1S/C12H22N2O3S/c1-2-10(5-7-13)3-4-12(15)14-11-6-8-18(16,17)9-11/h6,8,10-11H,2-5,7,9,13H2,1H3,(H,14,15). The average Bonchev–Trinajstić information content (AvgIpc) is 2.64. The average molecular weight is 274 g/mol. The van der Waals surface area contributed by atoms with Crippen molar-refractivity contribution in [1.29, 1.82) is 0 Å². The molecule has 0 bridgehead atoms. The summed E-state index contributed by atoms with van der Waals surface area (Å²) in [5, 5.41) is 3.89. The smallest absolute Gasteiger partial charge is 0.220 e. The van der Waals surface area contributed by atoms with Crippen LogP contribution in [0.1, 0.15) is 32.6 Å². The van der Waals surface area contributed by atoms with Gasteiger partial charge in [-0.25, -0.2) is 8.42 Å². The number of nitrogens with one attached hydrogen (secondary N) is 1. The van der Waals surface area contributed by atoms with Crippen molar-refractivity contribution in [2.45, 2.75) is 38.6 Å². The molecule has 0 spiro atoms. The number of sulfone groups is 1. The zero-order chi connectivity index (χ0) is 13.6. The summed E-state index contributed by atoms with van der Waals surface area (Å²) in [5.41, 5.74) is 5.50.